The topological polar surface area (TPSA) is 52.9 Å². The molecule has 0 aliphatic heterocycles. The van der Waals surface area contributed by atoms with Crippen molar-refractivity contribution >= 4 is 5.71 Å². The number of nitrogens with zero attached hydrogens (tertiary/aromatic N) is 2. The van der Waals surface area contributed by atoms with E-state index in [4.69, 9.17) is 9.47 Å². The van der Waals surface area contributed by atoms with Crippen LogP contribution in [0.2, 0.25) is 0 Å². The van der Waals surface area contributed by atoms with Crippen molar-refractivity contribution in [3.63, 3.8) is 0 Å². The summed E-state index contributed by atoms with van der Waals surface area (Å²) in [5, 5.41) is 3.05. The van der Waals surface area contributed by atoms with Gasteiger partial charge in [-0.25, -0.2) is 0 Å². The quantitative estimate of drug-likeness (QED) is 0.345. The molecule has 29 heavy (non-hydrogen) atoms. The van der Waals surface area contributed by atoms with Gasteiger partial charge >= 0.3 is 6.18 Å². The molecule has 8 heteroatoms. The normalized spacial score (nSPS) is 12.3. The zero-order valence-electron chi connectivity index (χ0n) is 16.7. The van der Waals surface area contributed by atoms with Gasteiger partial charge in [0.05, 0.1) is 5.69 Å². The maximum absolute atomic E-state index is 13.0. The van der Waals surface area contributed by atoms with E-state index in [1.54, 1.807) is 0 Å². The van der Waals surface area contributed by atoms with E-state index in [0.29, 0.717) is 18.1 Å². The Kier molecular flexibility index (Phi) is 7.64. The van der Waals surface area contributed by atoms with Crippen molar-refractivity contribution in [2.45, 2.75) is 33.6 Å². The molecule has 0 fully saturated rings. The van der Waals surface area contributed by atoms with Crippen LogP contribution >= 0.6 is 0 Å². The van der Waals surface area contributed by atoms with Gasteiger partial charge in [-0.15, -0.1) is 0 Å². The average molecular weight is 408 g/mol. The average Bonchev–Trinajstić information content (AvgIpc) is 2.65. The highest BCUT2D eigenvalue weighted by molar-refractivity contribution is 6.04. The van der Waals surface area contributed by atoms with Gasteiger partial charge in [0.25, 0.3) is 0 Å². The molecular formula is C21H23F3N2O3. The molecule has 0 radical (unpaired) electrons. The summed E-state index contributed by atoms with van der Waals surface area (Å²) in [6, 6.07) is 6.50. The van der Waals surface area contributed by atoms with Gasteiger partial charge in [-0.1, -0.05) is 17.3 Å². The van der Waals surface area contributed by atoms with Crippen molar-refractivity contribution in [3.05, 3.63) is 65.0 Å². The Morgan fingerprint density at radius 2 is 1.83 bits per heavy atom. The third kappa shape index (κ3) is 6.23. The van der Waals surface area contributed by atoms with Crippen LogP contribution in [-0.2, 0) is 11.4 Å². The number of aromatic nitrogens is 1. The summed E-state index contributed by atoms with van der Waals surface area (Å²) in [6.07, 6.45) is 0.281. The summed E-state index contributed by atoms with van der Waals surface area (Å²) in [7, 11) is 1.06. The summed E-state index contributed by atoms with van der Waals surface area (Å²) in [6.45, 7) is 6.32. The summed E-state index contributed by atoms with van der Waals surface area (Å²) >= 11 is 0. The van der Waals surface area contributed by atoms with E-state index < -0.39 is 11.9 Å². The highest BCUT2D eigenvalue weighted by Gasteiger charge is 2.38. The van der Waals surface area contributed by atoms with Crippen LogP contribution in [-0.4, -0.2) is 30.6 Å². The molecule has 1 heterocycles. The third-order valence-corrected chi connectivity index (χ3v) is 3.93. The molecule has 0 unspecified atom stereocenters. The molecule has 0 atom stereocenters. The SMILES string of the molecule is C/C=C/COc1cc(C)c(OCc2ccc(C(=NOC)C(F)(F)F)cn2)c(C)c1. The van der Waals surface area contributed by atoms with Crippen LogP contribution in [0.15, 0.2) is 47.8 Å². The van der Waals surface area contributed by atoms with Crippen molar-refractivity contribution < 1.29 is 27.5 Å². The Labute approximate surface area is 167 Å². The van der Waals surface area contributed by atoms with Crippen molar-refractivity contribution in [3.8, 4) is 11.5 Å². The van der Waals surface area contributed by atoms with Gasteiger partial charge < -0.3 is 14.3 Å². The number of oxime groups is 1. The summed E-state index contributed by atoms with van der Waals surface area (Å²) in [5.41, 5.74) is 0.950. The second-order valence-electron chi connectivity index (χ2n) is 6.21. The molecule has 0 bridgehead atoms. The first-order valence-corrected chi connectivity index (χ1v) is 8.88. The summed E-state index contributed by atoms with van der Waals surface area (Å²) in [5.74, 6) is 1.43. The number of ether oxygens (including phenoxy) is 2. The standard InChI is InChI=1S/C21H23F3N2O3/c1-5-6-9-28-18-10-14(2)19(15(3)11-18)29-13-17-8-7-16(12-25-17)20(26-27-4)21(22,23)24/h5-8,10-12H,9,13H2,1-4H3/b6-5+,26-20?. The molecule has 156 valence electrons. The van der Waals surface area contributed by atoms with Gasteiger partial charge in [-0.3, -0.25) is 4.98 Å². The molecule has 0 aliphatic rings. The molecule has 1 aromatic carbocycles. The van der Waals surface area contributed by atoms with Crippen LogP contribution < -0.4 is 9.47 Å². The number of halogens is 3. The third-order valence-electron chi connectivity index (χ3n) is 3.93. The molecule has 2 rings (SSSR count). The lowest BCUT2D eigenvalue weighted by molar-refractivity contribution is -0.0608. The van der Waals surface area contributed by atoms with Crippen molar-refractivity contribution in [1.82, 2.24) is 4.98 Å². The minimum atomic E-state index is -4.64. The highest BCUT2D eigenvalue weighted by atomic mass is 19.4. The minimum absolute atomic E-state index is 0.115. The second-order valence-corrected chi connectivity index (χ2v) is 6.21. The fraction of sp³-hybridized carbons (Fsp3) is 0.333. The predicted molar refractivity (Wildman–Crippen MR) is 104 cm³/mol. The number of aryl methyl sites for hydroxylation is 2. The maximum atomic E-state index is 13.0. The number of hydrogen-bond donors (Lipinski definition) is 0. The first kappa shape index (κ1) is 22.3. The van der Waals surface area contributed by atoms with Crippen LogP contribution in [0.4, 0.5) is 13.2 Å². The second kappa shape index (κ2) is 9.95. The number of allylic oxidation sites excluding steroid dienone is 1. The van der Waals surface area contributed by atoms with Gasteiger partial charge in [0.2, 0.25) is 0 Å². The van der Waals surface area contributed by atoms with Crippen LogP contribution in [0, 0.1) is 13.8 Å². The lowest BCUT2D eigenvalue weighted by Crippen LogP contribution is -2.24. The first-order chi connectivity index (χ1) is 13.8. The Morgan fingerprint density at radius 3 is 2.34 bits per heavy atom. The Morgan fingerprint density at radius 1 is 1.14 bits per heavy atom. The maximum Gasteiger partial charge on any atom is 0.437 e. The zero-order chi connectivity index (χ0) is 21.4. The monoisotopic (exact) mass is 408 g/mol. The van der Waals surface area contributed by atoms with E-state index in [-0.39, 0.29) is 12.2 Å². The number of alkyl halides is 3. The van der Waals surface area contributed by atoms with Crippen molar-refractivity contribution in [2.24, 2.45) is 5.16 Å². The van der Waals surface area contributed by atoms with E-state index >= 15 is 0 Å². The molecule has 0 N–H and O–H groups in total. The summed E-state index contributed by atoms with van der Waals surface area (Å²) < 4.78 is 50.5. The van der Waals surface area contributed by atoms with E-state index in [9.17, 15) is 13.2 Å². The van der Waals surface area contributed by atoms with Crippen LogP contribution in [0.3, 0.4) is 0 Å². The molecule has 5 nitrogen and oxygen atoms in total. The minimum Gasteiger partial charge on any atom is -0.490 e. The molecule has 0 saturated carbocycles. The lowest BCUT2D eigenvalue weighted by Gasteiger charge is -2.14. The van der Waals surface area contributed by atoms with Gasteiger partial charge in [0.15, 0.2) is 5.71 Å². The predicted octanol–water partition coefficient (Wildman–Crippen LogP) is 5.15. The fourth-order valence-corrected chi connectivity index (χ4v) is 2.62. The highest BCUT2D eigenvalue weighted by Crippen LogP contribution is 2.29. The van der Waals surface area contributed by atoms with Gasteiger partial charge in [-0.05, 0) is 56.2 Å². The zero-order valence-corrected chi connectivity index (χ0v) is 16.7. The Hall–Kier alpha value is -3.03. The van der Waals surface area contributed by atoms with E-state index in [2.05, 4.69) is 15.0 Å². The smallest absolute Gasteiger partial charge is 0.437 e. The van der Waals surface area contributed by atoms with Gasteiger partial charge in [0.1, 0.15) is 31.8 Å². The number of benzene rings is 1. The largest absolute Gasteiger partial charge is 0.490 e. The number of hydrogen-bond acceptors (Lipinski definition) is 5. The molecule has 1 aromatic heterocycles. The van der Waals surface area contributed by atoms with Crippen LogP contribution in [0.25, 0.3) is 0 Å². The van der Waals surface area contributed by atoms with E-state index in [0.717, 1.165) is 30.2 Å². The van der Waals surface area contributed by atoms with Gasteiger partial charge in [0, 0.05) is 11.8 Å². The molecule has 2 aromatic rings. The van der Waals surface area contributed by atoms with Crippen molar-refractivity contribution in [2.75, 3.05) is 13.7 Å². The Bertz CT molecular complexity index is 853. The first-order valence-electron chi connectivity index (χ1n) is 8.88. The fourth-order valence-electron chi connectivity index (χ4n) is 2.62. The van der Waals surface area contributed by atoms with E-state index in [1.165, 1.54) is 12.1 Å². The molecule has 0 spiro atoms. The molecular weight excluding hydrogens is 385 g/mol. The molecule has 0 amide bonds. The Balaban J connectivity index is 2.09. The van der Waals surface area contributed by atoms with Crippen LogP contribution in [0.5, 0.6) is 11.5 Å². The number of pyridine rings is 1. The lowest BCUT2D eigenvalue weighted by atomic mass is 10.1. The summed E-state index contributed by atoms with van der Waals surface area (Å²) in [4.78, 5) is 8.33. The van der Waals surface area contributed by atoms with Gasteiger partial charge in [-0.2, -0.15) is 13.2 Å². The molecule has 0 saturated heterocycles. The van der Waals surface area contributed by atoms with E-state index in [1.807, 2.05) is 45.1 Å². The van der Waals surface area contributed by atoms with Crippen LogP contribution in [0.1, 0.15) is 29.3 Å². The van der Waals surface area contributed by atoms with Crippen molar-refractivity contribution in [1.29, 1.82) is 0 Å². The molecule has 0 aliphatic carbocycles. The number of rotatable bonds is 8.